The van der Waals surface area contributed by atoms with Gasteiger partial charge in [0.2, 0.25) is 5.39 Å². The van der Waals surface area contributed by atoms with E-state index in [-0.39, 0.29) is 11.7 Å². The first kappa shape index (κ1) is 12.0. The Kier molecular flexibility index (Phi) is 3.84. The highest BCUT2D eigenvalue weighted by molar-refractivity contribution is 5.67. The molecule has 0 aliphatic carbocycles. The van der Waals surface area contributed by atoms with Crippen molar-refractivity contribution in [2.75, 3.05) is 0 Å². The van der Waals surface area contributed by atoms with Crippen molar-refractivity contribution in [3.63, 3.8) is 0 Å². The third-order valence-corrected chi connectivity index (χ3v) is 2.58. The predicted octanol–water partition coefficient (Wildman–Crippen LogP) is 3.90. The number of allylic oxidation sites excluding steroid dienone is 1. The topological polar surface area (TPSA) is 48.4 Å². The van der Waals surface area contributed by atoms with Crippen LogP contribution >= 0.6 is 0 Å². The normalized spacial score (nSPS) is 12.9. The SMILES string of the molecule is C=C(c1ccc(C)cc1)C(C)/C(O)=C/[N+]#N. The van der Waals surface area contributed by atoms with Crippen molar-refractivity contribution >= 4 is 5.57 Å². The van der Waals surface area contributed by atoms with Crippen molar-refractivity contribution in [3.05, 3.63) is 58.9 Å². The van der Waals surface area contributed by atoms with Gasteiger partial charge in [-0.25, -0.2) is 0 Å². The highest BCUT2D eigenvalue weighted by Crippen LogP contribution is 2.26. The number of aryl methyl sites for hydroxylation is 1. The fraction of sp³-hybridized carbons (Fsp3) is 0.231. The average Bonchev–Trinajstić information content (AvgIpc) is 2.28. The van der Waals surface area contributed by atoms with Crippen LogP contribution in [0.2, 0.25) is 0 Å². The number of hydrogen-bond donors (Lipinski definition) is 1. The van der Waals surface area contributed by atoms with E-state index < -0.39 is 0 Å². The number of aliphatic hydroxyl groups is 1. The molecule has 0 aliphatic rings. The van der Waals surface area contributed by atoms with E-state index in [1.165, 1.54) is 5.56 Å². The lowest BCUT2D eigenvalue weighted by molar-refractivity contribution is 0.369. The standard InChI is InChI=1S/C13H14N2O/c1-9-4-6-12(7-5-9)10(2)11(3)13(16)8-15-14/h4-8,11H,2H2,1,3H3/p+1/b13-8-. The molecule has 1 aromatic carbocycles. The minimum Gasteiger partial charge on any atom is -0.505 e. The molecule has 1 atom stereocenters. The molecule has 0 radical (unpaired) electrons. The van der Waals surface area contributed by atoms with Crippen LogP contribution in [-0.2, 0) is 0 Å². The van der Waals surface area contributed by atoms with Crippen molar-refractivity contribution in [2.45, 2.75) is 13.8 Å². The predicted molar refractivity (Wildman–Crippen MR) is 65.2 cm³/mol. The van der Waals surface area contributed by atoms with Gasteiger partial charge in [-0.2, -0.15) is 0 Å². The first-order valence-corrected chi connectivity index (χ1v) is 5.05. The van der Waals surface area contributed by atoms with Gasteiger partial charge in [-0.15, -0.1) is 0 Å². The Labute approximate surface area is 95.4 Å². The van der Waals surface area contributed by atoms with E-state index in [1.54, 1.807) is 6.92 Å². The van der Waals surface area contributed by atoms with Crippen LogP contribution in [0.15, 0.2) is 42.8 Å². The van der Waals surface area contributed by atoms with Crippen molar-refractivity contribution in [1.82, 2.24) is 0 Å². The molecule has 1 unspecified atom stereocenters. The van der Waals surface area contributed by atoms with Gasteiger partial charge in [0.15, 0.2) is 10.7 Å². The molecular weight excluding hydrogens is 200 g/mol. The summed E-state index contributed by atoms with van der Waals surface area (Å²) in [5.74, 6) is -0.272. The molecule has 3 heteroatoms. The number of aliphatic hydroxyl groups excluding tert-OH is 1. The Bertz CT molecular complexity index is 452. The van der Waals surface area contributed by atoms with E-state index in [4.69, 9.17) is 5.39 Å². The summed E-state index contributed by atoms with van der Waals surface area (Å²) >= 11 is 0. The fourth-order valence-corrected chi connectivity index (χ4v) is 1.37. The van der Waals surface area contributed by atoms with E-state index in [0.717, 1.165) is 17.3 Å². The van der Waals surface area contributed by atoms with Crippen LogP contribution in [0.25, 0.3) is 10.5 Å². The zero-order valence-corrected chi connectivity index (χ0v) is 9.51. The van der Waals surface area contributed by atoms with Gasteiger partial charge in [0.1, 0.15) is 0 Å². The smallest absolute Gasteiger partial charge is 0.387 e. The van der Waals surface area contributed by atoms with Gasteiger partial charge < -0.3 is 5.11 Å². The highest BCUT2D eigenvalue weighted by atomic mass is 16.3. The van der Waals surface area contributed by atoms with Crippen LogP contribution < -0.4 is 0 Å². The Hall–Kier alpha value is -2.08. The molecule has 82 valence electrons. The summed E-state index contributed by atoms with van der Waals surface area (Å²) in [5.41, 5.74) is 2.93. The van der Waals surface area contributed by atoms with E-state index in [1.807, 2.05) is 31.2 Å². The summed E-state index contributed by atoms with van der Waals surface area (Å²) in [6, 6.07) is 7.89. The van der Waals surface area contributed by atoms with E-state index in [9.17, 15) is 5.11 Å². The maximum absolute atomic E-state index is 9.55. The van der Waals surface area contributed by atoms with E-state index in [0.29, 0.717) is 0 Å². The second kappa shape index (κ2) is 5.13. The molecule has 0 aromatic heterocycles. The van der Waals surface area contributed by atoms with Gasteiger partial charge >= 0.3 is 6.20 Å². The molecule has 3 nitrogen and oxygen atoms in total. The van der Waals surface area contributed by atoms with Gasteiger partial charge in [0.05, 0.1) is 0 Å². The molecule has 16 heavy (non-hydrogen) atoms. The summed E-state index contributed by atoms with van der Waals surface area (Å²) in [5, 5.41) is 17.9. The number of nitrogens with zero attached hydrogens (tertiary/aromatic N) is 2. The number of diazo groups is 1. The lowest BCUT2D eigenvalue weighted by Gasteiger charge is -2.12. The molecule has 0 saturated heterocycles. The lowest BCUT2D eigenvalue weighted by atomic mass is 9.93. The zero-order valence-electron chi connectivity index (χ0n) is 9.51. The zero-order chi connectivity index (χ0) is 12.1. The second-order valence-electron chi connectivity index (χ2n) is 3.78. The molecule has 1 aromatic rings. The van der Waals surface area contributed by atoms with Gasteiger partial charge in [0, 0.05) is 5.92 Å². The summed E-state index contributed by atoms with van der Waals surface area (Å²) in [7, 11) is 0. The number of benzene rings is 1. The first-order valence-electron chi connectivity index (χ1n) is 5.05. The molecular formula is C13H15N2O+. The van der Waals surface area contributed by atoms with E-state index >= 15 is 0 Å². The Morgan fingerprint density at radius 3 is 2.50 bits per heavy atom. The summed E-state index contributed by atoms with van der Waals surface area (Å²) in [6.07, 6.45) is 1.02. The minimum atomic E-state index is -0.265. The molecule has 1 N–H and O–H groups in total. The molecule has 0 heterocycles. The van der Waals surface area contributed by atoms with Crippen LogP contribution in [0.5, 0.6) is 0 Å². The second-order valence-corrected chi connectivity index (χ2v) is 3.78. The fourth-order valence-electron chi connectivity index (χ4n) is 1.37. The molecule has 0 amide bonds. The van der Waals surface area contributed by atoms with E-state index in [2.05, 4.69) is 11.6 Å². The van der Waals surface area contributed by atoms with Crippen molar-refractivity contribution in [2.24, 2.45) is 5.92 Å². The van der Waals surface area contributed by atoms with Gasteiger partial charge in [-0.3, -0.25) is 0 Å². The Morgan fingerprint density at radius 1 is 1.44 bits per heavy atom. The average molecular weight is 215 g/mol. The lowest BCUT2D eigenvalue weighted by Crippen LogP contribution is -2.01. The van der Waals surface area contributed by atoms with Gasteiger partial charge in [-0.05, 0) is 18.1 Å². The van der Waals surface area contributed by atoms with Crippen molar-refractivity contribution in [1.29, 1.82) is 5.39 Å². The monoisotopic (exact) mass is 215 g/mol. The summed E-state index contributed by atoms with van der Waals surface area (Å²) in [6.45, 7) is 7.75. The maximum atomic E-state index is 9.55. The quantitative estimate of drug-likeness (QED) is 0.614. The van der Waals surface area contributed by atoms with Crippen LogP contribution in [0.3, 0.4) is 0 Å². The van der Waals surface area contributed by atoms with Crippen molar-refractivity contribution in [3.8, 4) is 0 Å². The van der Waals surface area contributed by atoms with Gasteiger partial charge in [0.25, 0.3) is 0 Å². The minimum absolute atomic E-state index is 0.00641. The van der Waals surface area contributed by atoms with Crippen LogP contribution in [0.4, 0.5) is 0 Å². The van der Waals surface area contributed by atoms with Crippen LogP contribution in [-0.4, -0.2) is 5.11 Å². The van der Waals surface area contributed by atoms with Gasteiger partial charge in [-0.1, -0.05) is 43.3 Å². The van der Waals surface area contributed by atoms with Crippen LogP contribution in [0.1, 0.15) is 18.1 Å². The Morgan fingerprint density at radius 2 is 2.00 bits per heavy atom. The highest BCUT2D eigenvalue weighted by Gasteiger charge is 2.16. The molecule has 0 fully saturated rings. The summed E-state index contributed by atoms with van der Waals surface area (Å²) in [4.78, 5) is 2.79. The third kappa shape index (κ3) is 2.71. The van der Waals surface area contributed by atoms with Crippen molar-refractivity contribution < 1.29 is 5.11 Å². The summed E-state index contributed by atoms with van der Waals surface area (Å²) < 4.78 is 0. The molecule has 1 rings (SSSR count). The maximum Gasteiger partial charge on any atom is 0.387 e. The van der Waals surface area contributed by atoms with Crippen LogP contribution in [0, 0.1) is 18.2 Å². The molecule has 0 bridgehead atoms. The third-order valence-electron chi connectivity index (χ3n) is 2.58. The number of rotatable bonds is 3. The molecule has 0 saturated carbocycles. The molecule has 0 spiro atoms. The largest absolute Gasteiger partial charge is 0.505 e. The molecule has 0 aliphatic heterocycles. The number of hydrogen-bond acceptors (Lipinski definition) is 2. The first-order chi connectivity index (χ1) is 7.56. The Balaban J connectivity index is 2.91.